The van der Waals surface area contributed by atoms with Crippen molar-refractivity contribution in [2.24, 2.45) is 5.41 Å². The van der Waals surface area contributed by atoms with E-state index in [0.717, 1.165) is 27.6 Å². The van der Waals surface area contributed by atoms with Crippen LogP contribution in [0.25, 0.3) is 55.8 Å². The minimum atomic E-state index is -0.397. The molecule has 11 heteroatoms. The summed E-state index contributed by atoms with van der Waals surface area (Å²) in [4.78, 5) is 31.5. The Balaban J connectivity index is 1.33. The van der Waals surface area contributed by atoms with Crippen LogP contribution in [0.3, 0.4) is 0 Å². The molecule has 3 N–H and O–H groups in total. The van der Waals surface area contributed by atoms with E-state index in [1.54, 1.807) is 18.6 Å². The molecule has 1 amide bonds. The Kier molecular flexibility index (Phi) is 8.03. The number of likely N-dealkylation sites (N-methyl/N-ethyl adjacent to an activating group) is 1. The Morgan fingerprint density at radius 2 is 1.87 bits per heavy atom. The number of ether oxygens (including phenoxy) is 1. The van der Waals surface area contributed by atoms with E-state index < -0.39 is 5.82 Å². The van der Waals surface area contributed by atoms with Crippen molar-refractivity contribution in [3.05, 3.63) is 72.9 Å². The zero-order valence-corrected chi connectivity index (χ0v) is 25.9. The molecular weight excluding hydrogens is 571 g/mol. The van der Waals surface area contributed by atoms with Crippen LogP contribution in [-0.4, -0.2) is 68.2 Å². The molecule has 0 fully saturated rings. The molecule has 230 valence electrons. The number of rotatable bonds is 9. The summed E-state index contributed by atoms with van der Waals surface area (Å²) in [6.07, 6.45) is 5.47. The van der Waals surface area contributed by atoms with Crippen LogP contribution < -0.4 is 10.1 Å². The van der Waals surface area contributed by atoms with Gasteiger partial charge in [0.1, 0.15) is 29.4 Å². The van der Waals surface area contributed by atoms with Gasteiger partial charge in [0.15, 0.2) is 11.5 Å². The zero-order valence-electron chi connectivity index (χ0n) is 25.9. The van der Waals surface area contributed by atoms with Gasteiger partial charge in [-0.3, -0.25) is 14.9 Å². The molecule has 0 aliphatic rings. The number of carbonyl (C=O) groups is 1. The molecule has 10 nitrogen and oxygen atoms in total. The van der Waals surface area contributed by atoms with E-state index in [1.165, 1.54) is 12.1 Å². The van der Waals surface area contributed by atoms with Crippen LogP contribution in [0, 0.1) is 11.2 Å². The summed E-state index contributed by atoms with van der Waals surface area (Å²) in [6, 6.07) is 14.3. The fourth-order valence-electron chi connectivity index (χ4n) is 5.13. The lowest BCUT2D eigenvalue weighted by Crippen LogP contribution is -2.19. The number of benzene rings is 2. The maximum atomic E-state index is 14.7. The predicted molar refractivity (Wildman–Crippen MR) is 174 cm³/mol. The standard InChI is InChI=1S/C34H35FN8O2/c1-34(2,3)17-29(44)38-24-13-22(18-36-19-24)20-6-7-28-27(15-20)31(42-41-28)33-39-30-26(8-9-37-32(30)40-33)21-12-23(35)16-25(14-21)45-11-10-43(4)5/h6-9,12-16,18-19H,10-11,17H2,1-5H3,(H,38,44)(H,41,42)(H,37,39,40). The highest BCUT2D eigenvalue weighted by Gasteiger charge is 2.19. The van der Waals surface area contributed by atoms with Gasteiger partial charge in [-0.25, -0.2) is 14.4 Å². The van der Waals surface area contributed by atoms with Gasteiger partial charge in [0.25, 0.3) is 0 Å². The molecule has 0 saturated carbocycles. The largest absolute Gasteiger partial charge is 0.492 e. The van der Waals surface area contributed by atoms with Gasteiger partial charge in [0, 0.05) is 47.9 Å². The fourth-order valence-corrected chi connectivity index (χ4v) is 5.13. The summed E-state index contributed by atoms with van der Waals surface area (Å²) in [5.41, 5.74) is 6.21. The average Bonchev–Trinajstić information content (AvgIpc) is 3.59. The third kappa shape index (κ3) is 6.83. The molecule has 2 aromatic carbocycles. The smallest absolute Gasteiger partial charge is 0.224 e. The Bertz CT molecular complexity index is 2010. The van der Waals surface area contributed by atoms with Crippen LogP contribution in [0.2, 0.25) is 0 Å². The van der Waals surface area contributed by atoms with Crippen molar-refractivity contribution < 1.29 is 13.9 Å². The van der Waals surface area contributed by atoms with Crippen molar-refractivity contribution >= 4 is 33.7 Å². The first-order chi connectivity index (χ1) is 21.5. The molecule has 45 heavy (non-hydrogen) atoms. The van der Waals surface area contributed by atoms with Crippen molar-refractivity contribution in [2.45, 2.75) is 27.2 Å². The van der Waals surface area contributed by atoms with Gasteiger partial charge in [0.2, 0.25) is 5.91 Å². The van der Waals surface area contributed by atoms with Gasteiger partial charge in [-0.1, -0.05) is 26.8 Å². The molecule has 0 radical (unpaired) electrons. The highest BCUT2D eigenvalue weighted by molar-refractivity contribution is 5.98. The molecule has 6 rings (SSSR count). The zero-order chi connectivity index (χ0) is 31.7. The quantitative estimate of drug-likeness (QED) is 0.168. The summed E-state index contributed by atoms with van der Waals surface area (Å²) < 4.78 is 20.5. The van der Waals surface area contributed by atoms with Crippen LogP contribution >= 0.6 is 0 Å². The van der Waals surface area contributed by atoms with E-state index in [0.29, 0.717) is 59.3 Å². The number of fused-ring (bicyclic) bond motifs is 2. The highest BCUT2D eigenvalue weighted by Crippen LogP contribution is 2.34. The Morgan fingerprint density at radius 1 is 1.02 bits per heavy atom. The summed E-state index contributed by atoms with van der Waals surface area (Å²) in [5.74, 6) is 0.517. The van der Waals surface area contributed by atoms with E-state index in [1.807, 2.05) is 76.2 Å². The van der Waals surface area contributed by atoms with Crippen LogP contribution in [0.1, 0.15) is 27.2 Å². The summed E-state index contributed by atoms with van der Waals surface area (Å²) >= 11 is 0. The summed E-state index contributed by atoms with van der Waals surface area (Å²) in [7, 11) is 3.91. The van der Waals surface area contributed by atoms with Crippen LogP contribution in [0.4, 0.5) is 10.1 Å². The second-order valence-electron chi connectivity index (χ2n) is 12.5. The predicted octanol–water partition coefficient (Wildman–Crippen LogP) is 6.68. The van der Waals surface area contributed by atoms with Crippen molar-refractivity contribution in [3.63, 3.8) is 0 Å². The molecule has 6 aromatic rings. The van der Waals surface area contributed by atoms with Gasteiger partial charge in [-0.2, -0.15) is 5.10 Å². The molecule has 0 saturated heterocycles. The van der Waals surface area contributed by atoms with Gasteiger partial charge in [0.05, 0.1) is 17.4 Å². The highest BCUT2D eigenvalue weighted by atomic mass is 19.1. The van der Waals surface area contributed by atoms with Crippen LogP contribution in [0.15, 0.2) is 67.1 Å². The van der Waals surface area contributed by atoms with E-state index in [9.17, 15) is 9.18 Å². The number of H-pyrrole nitrogens is 2. The number of imidazole rings is 1. The lowest BCUT2D eigenvalue weighted by atomic mass is 9.92. The molecule has 0 bridgehead atoms. The third-order valence-electron chi connectivity index (χ3n) is 7.21. The number of hydrogen-bond acceptors (Lipinski definition) is 7. The molecule has 0 aliphatic carbocycles. The minimum absolute atomic E-state index is 0.0572. The first-order valence-corrected chi connectivity index (χ1v) is 14.7. The first-order valence-electron chi connectivity index (χ1n) is 14.7. The number of aromatic amines is 2. The number of nitrogens with zero attached hydrogens (tertiary/aromatic N) is 5. The second kappa shape index (κ2) is 12.1. The number of carbonyl (C=O) groups excluding carboxylic acids is 1. The molecule has 0 atom stereocenters. The molecule has 4 aromatic heterocycles. The maximum Gasteiger partial charge on any atom is 0.224 e. The number of anilines is 1. The van der Waals surface area contributed by atoms with E-state index in [2.05, 4.69) is 30.5 Å². The molecule has 0 spiro atoms. The van der Waals surface area contributed by atoms with Gasteiger partial charge >= 0.3 is 0 Å². The van der Waals surface area contributed by atoms with Crippen molar-refractivity contribution in [1.82, 2.24) is 35.0 Å². The third-order valence-corrected chi connectivity index (χ3v) is 7.21. The van der Waals surface area contributed by atoms with Crippen molar-refractivity contribution in [2.75, 3.05) is 32.6 Å². The van der Waals surface area contributed by atoms with Crippen molar-refractivity contribution in [1.29, 1.82) is 0 Å². The Hall–Kier alpha value is -5.16. The first kappa shape index (κ1) is 29.9. The lowest BCUT2D eigenvalue weighted by Gasteiger charge is -2.17. The number of pyridine rings is 2. The van der Waals surface area contributed by atoms with Gasteiger partial charge < -0.3 is 19.9 Å². The maximum absolute atomic E-state index is 14.7. The normalized spacial score (nSPS) is 11.9. The minimum Gasteiger partial charge on any atom is -0.492 e. The molecule has 0 unspecified atom stereocenters. The number of hydrogen-bond donors (Lipinski definition) is 3. The summed E-state index contributed by atoms with van der Waals surface area (Å²) in [6.45, 7) is 7.23. The number of amides is 1. The molecule has 0 aliphatic heterocycles. The van der Waals surface area contributed by atoms with E-state index in [-0.39, 0.29) is 11.3 Å². The Labute approximate surface area is 260 Å². The van der Waals surface area contributed by atoms with Crippen LogP contribution in [0.5, 0.6) is 5.75 Å². The second-order valence-corrected chi connectivity index (χ2v) is 12.5. The van der Waals surface area contributed by atoms with E-state index in [4.69, 9.17) is 9.72 Å². The topological polar surface area (TPSA) is 125 Å². The van der Waals surface area contributed by atoms with E-state index >= 15 is 0 Å². The fraction of sp³-hybridized carbons (Fsp3) is 0.265. The Morgan fingerprint density at radius 3 is 2.67 bits per heavy atom. The number of halogens is 1. The monoisotopic (exact) mass is 606 g/mol. The van der Waals surface area contributed by atoms with Gasteiger partial charge in [-0.15, -0.1) is 0 Å². The number of aromatic nitrogens is 6. The van der Waals surface area contributed by atoms with Gasteiger partial charge in [-0.05, 0) is 67.0 Å². The SMILES string of the molecule is CN(C)CCOc1cc(F)cc(-c2ccnc3[nH]c(-c4n[nH]c5ccc(-c6cncc(NC(=O)CC(C)(C)C)c6)cc45)nc23)c1. The molecular formula is C34H35FN8O2. The van der Waals surface area contributed by atoms with Crippen molar-refractivity contribution in [3.8, 4) is 39.5 Å². The lowest BCUT2D eigenvalue weighted by molar-refractivity contribution is -0.117. The average molecular weight is 607 g/mol. The molecule has 4 heterocycles. The van der Waals surface area contributed by atoms with Crippen LogP contribution in [-0.2, 0) is 4.79 Å². The summed E-state index contributed by atoms with van der Waals surface area (Å²) in [5, 5.41) is 11.4. The number of nitrogens with one attached hydrogen (secondary N) is 3.